The van der Waals surface area contributed by atoms with Crippen LogP contribution in [0.2, 0.25) is 0 Å². The summed E-state index contributed by atoms with van der Waals surface area (Å²) >= 11 is 0. The van der Waals surface area contributed by atoms with Gasteiger partial charge in [-0.15, -0.1) is 5.10 Å². The van der Waals surface area contributed by atoms with Crippen LogP contribution in [0, 0.1) is 24.7 Å². The van der Waals surface area contributed by atoms with E-state index in [1.807, 2.05) is 12.1 Å². The first-order valence-electron chi connectivity index (χ1n) is 10.5. The number of fused-ring (bicyclic) bond motifs is 1. The van der Waals surface area contributed by atoms with Crippen molar-refractivity contribution in [3.63, 3.8) is 0 Å². The molecule has 29 heavy (non-hydrogen) atoms. The third-order valence-electron chi connectivity index (χ3n) is 6.55. The number of anilines is 1. The molecule has 1 saturated heterocycles. The lowest BCUT2D eigenvalue weighted by Crippen LogP contribution is -2.50. The minimum atomic E-state index is -0.129. The second-order valence-electron chi connectivity index (χ2n) is 8.67. The van der Waals surface area contributed by atoms with E-state index in [0.717, 1.165) is 38.4 Å². The fourth-order valence-electron chi connectivity index (χ4n) is 4.71. The topological polar surface area (TPSA) is 93.4 Å². The van der Waals surface area contributed by atoms with E-state index in [1.165, 1.54) is 19.0 Å². The van der Waals surface area contributed by atoms with Crippen molar-refractivity contribution in [3.05, 3.63) is 35.9 Å². The summed E-state index contributed by atoms with van der Waals surface area (Å²) in [5.41, 5.74) is 0.501. The summed E-state index contributed by atoms with van der Waals surface area (Å²) in [6, 6.07) is 3.94. The Morgan fingerprint density at radius 1 is 1.31 bits per heavy atom. The quantitative estimate of drug-likeness (QED) is 0.799. The van der Waals surface area contributed by atoms with Gasteiger partial charge < -0.3 is 19.5 Å². The summed E-state index contributed by atoms with van der Waals surface area (Å²) in [5.74, 6) is 3.10. The molecule has 3 heterocycles. The van der Waals surface area contributed by atoms with E-state index in [1.54, 1.807) is 13.1 Å². The molecular weight excluding hydrogens is 370 g/mol. The molecule has 3 aliphatic rings. The highest BCUT2D eigenvalue weighted by Crippen LogP contribution is 2.40. The van der Waals surface area contributed by atoms with Crippen LogP contribution >= 0.6 is 0 Å². The molecule has 1 N–H and O–H groups in total. The highest BCUT2D eigenvalue weighted by Gasteiger charge is 2.44. The third-order valence-corrected chi connectivity index (χ3v) is 6.55. The van der Waals surface area contributed by atoms with Crippen molar-refractivity contribution < 1.29 is 14.1 Å². The zero-order valence-corrected chi connectivity index (χ0v) is 16.7. The van der Waals surface area contributed by atoms with Crippen molar-refractivity contribution in [1.29, 1.82) is 0 Å². The number of carbonyl (C=O) groups is 1. The van der Waals surface area contributed by atoms with E-state index in [-0.39, 0.29) is 18.1 Å². The molecule has 2 saturated carbocycles. The van der Waals surface area contributed by atoms with Crippen LogP contribution in [0.3, 0.4) is 0 Å². The lowest BCUT2D eigenvalue weighted by Gasteiger charge is -2.38. The summed E-state index contributed by atoms with van der Waals surface area (Å²) in [7, 11) is 0. The Morgan fingerprint density at radius 3 is 2.83 bits per heavy atom. The fourth-order valence-corrected chi connectivity index (χ4v) is 4.71. The van der Waals surface area contributed by atoms with Crippen molar-refractivity contribution in [2.24, 2.45) is 17.8 Å². The number of aromatic nitrogens is 3. The van der Waals surface area contributed by atoms with Gasteiger partial charge in [0.1, 0.15) is 11.3 Å². The fraction of sp³-hybridized carbons (Fsp3) is 0.619. The van der Waals surface area contributed by atoms with Crippen LogP contribution < -0.4 is 10.2 Å². The Morgan fingerprint density at radius 2 is 2.14 bits per heavy atom. The van der Waals surface area contributed by atoms with E-state index in [9.17, 15) is 4.79 Å². The van der Waals surface area contributed by atoms with Crippen LogP contribution in [0.1, 0.15) is 41.8 Å². The monoisotopic (exact) mass is 397 g/mol. The molecule has 0 bridgehead atoms. The molecular formula is C21H27N5O3. The molecule has 0 radical (unpaired) electrons. The van der Waals surface area contributed by atoms with Crippen molar-refractivity contribution in [2.45, 2.75) is 44.8 Å². The molecule has 8 nitrogen and oxygen atoms in total. The van der Waals surface area contributed by atoms with Gasteiger partial charge in [-0.1, -0.05) is 5.16 Å². The molecule has 3 fully saturated rings. The molecule has 0 aromatic carbocycles. The molecule has 0 unspecified atom stereocenters. The molecule has 2 aliphatic carbocycles. The van der Waals surface area contributed by atoms with E-state index in [0.29, 0.717) is 29.1 Å². The molecule has 5 rings (SSSR count). The molecule has 154 valence electrons. The number of ether oxygens (including phenoxy) is 1. The third kappa shape index (κ3) is 3.99. The molecule has 2 aromatic rings. The molecule has 2 aromatic heterocycles. The lowest BCUT2D eigenvalue weighted by molar-refractivity contribution is -0.0211. The van der Waals surface area contributed by atoms with Gasteiger partial charge in [-0.2, -0.15) is 5.10 Å². The van der Waals surface area contributed by atoms with Gasteiger partial charge in [0, 0.05) is 25.9 Å². The maximum absolute atomic E-state index is 12.8. The zero-order chi connectivity index (χ0) is 19.8. The maximum Gasteiger partial charge on any atom is 0.256 e. The molecule has 1 amide bonds. The average molecular weight is 397 g/mol. The Hall–Kier alpha value is -2.48. The van der Waals surface area contributed by atoms with Gasteiger partial charge in [0.2, 0.25) is 0 Å². The Balaban J connectivity index is 1.29. The van der Waals surface area contributed by atoms with Gasteiger partial charge in [0.15, 0.2) is 5.82 Å². The summed E-state index contributed by atoms with van der Waals surface area (Å²) in [4.78, 5) is 15.1. The first kappa shape index (κ1) is 18.5. The predicted molar refractivity (Wildman–Crippen MR) is 105 cm³/mol. The molecule has 1 aliphatic heterocycles. The van der Waals surface area contributed by atoms with E-state index >= 15 is 0 Å². The predicted octanol–water partition coefficient (Wildman–Crippen LogP) is 2.21. The highest BCUT2D eigenvalue weighted by molar-refractivity contribution is 5.94. The number of nitrogens with one attached hydrogen (secondary N) is 1. The summed E-state index contributed by atoms with van der Waals surface area (Å²) in [6.07, 6.45) is 7.62. The molecule has 4 atom stereocenters. The smallest absolute Gasteiger partial charge is 0.256 e. The average Bonchev–Trinajstić information content (AvgIpc) is 3.31. The number of rotatable bonds is 6. The Bertz CT molecular complexity index is 853. The van der Waals surface area contributed by atoms with Crippen LogP contribution in [0.25, 0.3) is 0 Å². The SMILES string of the molecule is Cc1oncc1C(=O)N[C@H]1C[C@H]2CN(c3cccnn3)C[C@H]2C[C@@H]1OCC1CC1. The van der Waals surface area contributed by atoms with Crippen molar-refractivity contribution in [1.82, 2.24) is 20.7 Å². The first-order valence-corrected chi connectivity index (χ1v) is 10.5. The van der Waals surface area contributed by atoms with Gasteiger partial charge in [-0.05, 0) is 62.5 Å². The summed E-state index contributed by atoms with van der Waals surface area (Å²) in [5, 5.41) is 15.2. The van der Waals surface area contributed by atoms with Gasteiger partial charge in [-0.25, -0.2) is 0 Å². The van der Waals surface area contributed by atoms with Crippen LogP contribution in [0.15, 0.2) is 29.0 Å². The number of hydrogen-bond donors (Lipinski definition) is 1. The Kier molecular flexibility index (Phi) is 4.95. The van der Waals surface area contributed by atoms with E-state index in [4.69, 9.17) is 9.26 Å². The van der Waals surface area contributed by atoms with Gasteiger partial charge >= 0.3 is 0 Å². The maximum atomic E-state index is 12.8. The van der Waals surface area contributed by atoms with Crippen LogP contribution in [-0.2, 0) is 4.74 Å². The molecule has 8 heteroatoms. The second kappa shape index (κ2) is 7.74. The highest BCUT2D eigenvalue weighted by atomic mass is 16.5. The van der Waals surface area contributed by atoms with Gasteiger partial charge in [0.25, 0.3) is 5.91 Å². The normalized spacial score (nSPS) is 28.9. The van der Waals surface area contributed by atoms with Crippen LogP contribution in [-0.4, -0.2) is 53.1 Å². The minimum Gasteiger partial charge on any atom is -0.376 e. The van der Waals surface area contributed by atoms with E-state index in [2.05, 4.69) is 25.6 Å². The largest absolute Gasteiger partial charge is 0.376 e. The minimum absolute atomic E-state index is 0.00129. The second-order valence-corrected chi connectivity index (χ2v) is 8.67. The Labute approximate surface area is 170 Å². The van der Waals surface area contributed by atoms with Gasteiger partial charge in [0.05, 0.1) is 18.3 Å². The van der Waals surface area contributed by atoms with E-state index < -0.39 is 0 Å². The van der Waals surface area contributed by atoms with Crippen LogP contribution in [0.4, 0.5) is 5.82 Å². The zero-order valence-electron chi connectivity index (χ0n) is 16.7. The standard InChI is InChI=1S/C21H27N5O3/c1-13-17(9-23-29-13)21(27)24-18-7-15-10-26(20-3-2-6-22-25-20)11-16(15)8-19(18)28-12-14-4-5-14/h2-3,6,9,14-16,18-19H,4-5,7-8,10-12H2,1H3,(H,24,27)/t15-,16+,18-,19-/m0/s1. The van der Waals surface area contributed by atoms with Crippen molar-refractivity contribution in [2.75, 3.05) is 24.6 Å². The number of aryl methyl sites for hydroxylation is 1. The van der Waals surface area contributed by atoms with Crippen molar-refractivity contribution >= 4 is 11.7 Å². The lowest BCUT2D eigenvalue weighted by atomic mass is 9.77. The summed E-state index contributed by atoms with van der Waals surface area (Å²) < 4.78 is 11.4. The van der Waals surface area contributed by atoms with Crippen molar-refractivity contribution in [3.8, 4) is 0 Å². The number of amides is 1. The number of carbonyl (C=O) groups excluding carboxylic acids is 1. The first-order chi connectivity index (χ1) is 14.2. The summed E-state index contributed by atoms with van der Waals surface area (Å²) in [6.45, 7) is 4.47. The van der Waals surface area contributed by atoms with Crippen LogP contribution in [0.5, 0.6) is 0 Å². The number of nitrogens with zero attached hydrogens (tertiary/aromatic N) is 4. The van der Waals surface area contributed by atoms with Gasteiger partial charge in [-0.3, -0.25) is 4.79 Å². The number of hydrogen-bond acceptors (Lipinski definition) is 7. The molecule has 0 spiro atoms.